The van der Waals surface area contributed by atoms with E-state index in [-0.39, 0.29) is 19.0 Å². The van der Waals surface area contributed by atoms with Gasteiger partial charge in [-0.2, -0.15) is 0 Å². The van der Waals surface area contributed by atoms with Crippen LogP contribution in [0.2, 0.25) is 0 Å². The summed E-state index contributed by atoms with van der Waals surface area (Å²) in [6, 6.07) is 15.3. The van der Waals surface area contributed by atoms with Crippen molar-refractivity contribution in [3.05, 3.63) is 71.5 Å². The van der Waals surface area contributed by atoms with Crippen molar-refractivity contribution >= 4 is 12.1 Å². The van der Waals surface area contributed by atoms with Gasteiger partial charge in [0.05, 0.1) is 0 Å². The molecule has 3 rings (SSSR count). The molecule has 0 aliphatic carbocycles. The predicted molar refractivity (Wildman–Crippen MR) is 102 cm³/mol. The number of benzene rings is 2. The lowest BCUT2D eigenvalue weighted by molar-refractivity contribution is -0.157. The number of nitrogens with zero attached hydrogens (tertiary/aromatic N) is 1. The zero-order chi connectivity index (χ0) is 20.0. The van der Waals surface area contributed by atoms with Crippen LogP contribution in [-0.2, 0) is 27.5 Å². The molecule has 0 spiro atoms. The molecule has 28 heavy (non-hydrogen) atoms. The van der Waals surface area contributed by atoms with Crippen molar-refractivity contribution in [2.24, 2.45) is 0 Å². The van der Waals surface area contributed by atoms with E-state index in [1.54, 1.807) is 12.1 Å². The van der Waals surface area contributed by atoms with E-state index in [1.807, 2.05) is 37.3 Å². The second-order valence-electron chi connectivity index (χ2n) is 6.89. The van der Waals surface area contributed by atoms with Crippen molar-refractivity contribution in [3.8, 4) is 0 Å². The lowest BCUT2D eigenvalue weighted by atomic mass is 9.93. The van der Waals surface area contributed by atoms with Crippen LogP contribution in [0.1, 0.15) is 37.3 Å². The number of esters is 1. The summed E-state index contributed by atoms with van der Waals surface area (Å²) >= 11 is 0. The van der Waals surface area contributed by atoms with E-state index in [1.165, 1.54) is 17.0 Å². The minimum absolute atomic E-state index is 0.0365. The number of ether oxygens (including phenoxy) is 2. The molecule has 1 aliphatic heterocycles. The van der Waals surface area contributed by atoms with E-state index >= 15 is 0 Å². The first-order chi connectivity index (χ1) is 13.5. The summed E-state index contributed by atoms with van der Waals surface area (Å²) in [5, 5.41) is 0. The highest BCUT2D eigenvalue weighted by Gasteiger charge is 2.50. The Balaban J connectivity index is 1.65. The number of carbonyl (C=O) groups excluding carboxylic acids is 2. The lowest BCUT2D eigenvalue weighted by Gasteiger charge is -2.34. The zero-order valence-electron chi connectivity index (χ0n) is 15.9. The molecule has 0 radical (unpaired) electrons. The summed E-state index contributed by atoms with van der Waals surface area (Å²) in [6.45, 7) is 2.41. The van der Waals surface area contributed by atoms with Gasteiger partial charge in [-0.1, -0.05) is 49.4 Å². The molecule has 0 saturated carbocycles. The second kappa shape index (κ2) is 8.87. The minimum atomic E-state index is -1.04. The number of hydrogen-bond donors (Lipinski definition) is 0. The van der Waals surface area contributed by atoms with Crippen LogP contribution >= 0.6 is 0 Å². The third kappa shape index (κ3) is 4.32. The van der Waals surface area contributed by atoms with Gasteiger partial charge in [-0.05, 0) is 42.5 Å². The Morgan fingerprint density at radius 2 is 1.75 bits per heavy atom. The van der Waals surface area contributed by atoms with Crippen LogP contribution in [0.3, 0.4) is 0 Å². The smallest absolute Gasteiger partial charge is 0.411 e. The molecule has 1 unspecified atom stereocenters. The van der Waals surface area contributed by atoms with E-state index in [9.17, 15) is 14.0 Å². The van der Waals surface area contributed by atoms with Crippen LogP contribution in [0, 0.1) is 5.82 Å². The van der Waals surface area contributed by atoms with E-state index in [4.69, 9.17) is 9.47 Å². The fraction of sp³-hybridized carbons (Fsp3) is 0.364. The summed E-state index contributed by atoms with van der Waals surface area (Å²) in [5.41, 5.74) is 0.405. The number of amides is 1. The van der Waals surface area contributed by atoms with E-state index in [2.05, 4.69) is 0 Å². The first kappa shape index (κ1) is 19.9. The third-order valence-corrected chi connectivity index (χ3v) is 5.14. The summed E-state index contributed by atoms with van der Waals surface area (Å²) in [7, 11) is 0. The first-order valence-corrected chi connectivity index (χ1v) is 9.45. The summed E-state index contributed by atoms with van der Waals surface area (Å²) in [4.78, 5) is 27.0. The van der Waals surface area contributed by atoms with Crippen molar-refractivity contribution in [1.29, 1.82) is 0 Å². The van der Waals surface area contributed by atoms with Gasteiger partial charge in [-0.25, -0.2) is 14.0 Å². The van der Waals surface area contributed by atoms with Crippen LogP contribution in [0.15, 0.2) is 54.6 Å². The molecule has 0 aromatic heterocycles. The highest BCUT2D eigenvalue weighted by atomic mass is 19.1. The van der Waals surface area contributed by atoms with Crippen molar-refractivity contribution in [1.82, 2.24) is 4.90 Å². The van der Waals surface area contributed by atoms with Gasteiger partial charge < -0.3 is 9.47 Å². The summed E-state index contributed by atoms with van der Waals surface area (Å²) in [6.07, 6.45) is 1.12. The molecule has 1 amide bonds. The number of hydrogen-bond acceptors (Lipinski definition) is 4. The lowest BCUT2D eigenvalue weighted by Crippen LogP contribution is -2.53. The largest absolute Gasteiger partial charge is 0.459 e. The molecule has 1 atom stereocenters. The molecular formula is C22H24FNO4. The quantitative estimate of drug-likeness (QED) is 0.690. The van der Waals surface area contributed by atoms with Crippen molar-refractivity contribution in [2.75, 3.05) is 6.54 Å². The normalized spacial score (nSPS) is 18.7. The minimum Gasteiger partial charge on any atom is -0.459 e. The average Bonchev–Trinajstić information content (AvgIpc) is 3.16. The standard InChI is InChI=1S/C22H24FNO4/c1-2-22(20(25)27-16-18-10-6-11-19(23)14-18)12-7-13-24(22)21(26)28-15-17-8-4-3-5-9-17/h3-6,8-11,14H,2,7,12-13,15-16H2,1H3. The van der Waals surface area contributed by atoms with Crippen LogP contribution in [0.5, 0.6) is 0 Å². The van der Waals surface area contributed by atoms with Crippen LogP contribution in [0.4, 0.5) is 9.18 Å². The maximum absolute atomic E-state index is 13.3. The molecule has 1 saturated heterocycles. The van der Waals surface area contributed by atoms with Gasteiger partial charge in [-0.3, -0.25) is 4.90 Å². The van der Waals surface area contributed by atoms with Gasteiger partial charge >= 0.3 is 12.1 Å². The Morgan fingerprint density at radius 1 is 1.04 bits per heavy atom. The van der Waals surface area contributed by atoms with Crippen molar-refractivity contribution < 1.29 is 23.5 Å². The Kier molecular flexibility index (Phi) is 6.29. The van der Waals surface area contributed by atoms with Crippen LogP contribution in [-0.4, -0.2) is 29.0 Å². The van der Waals surface area contributed by atoms with E-state index in [0.717, 1.165) is 5.56 Å². The molecular weight excluding hydrogens is 361 g/mol. The predicted octanol–water partition coefficient (Wildman–Crippen LogP) is 4.45. The first-order valence-electron chi connectivity index (χ1n) is 9.45. The fourth-order valence-corrected chi connectivity index (χ4v) is 3.58. The highest BCUT2D eigenvalue weighted by Crippen LogP contribution is 2.34. The molecule has 1 aliphatic rings. The molecule has 2 aromatic carbocycles. The van der Waals surface area contributed by atoms with Gasteiger partial charge in [0.1, 0.15) is 24.6 Å². The molecule has 0 bridgehead atoms. The third-order valence-electron chi connectivity index (χ3n) is 5.14. The Bertz CT molecular complexity index is 826. The molecule has 148 valence electrons. The fourth-order valence-electron chi connectivity index (χ4n) is 3.58. The van der Waals surface area contributed by atoms with Crippen molar-refractivity contribution in [2.45, 2.75) is 44.9 Å². The monoisotopic (exact) mass is 385 g/mol. The van der Waals surface area contributed by atoms with Gasteiger partial charge in [0.2, 0.25) is 0 Å². The van der Waals surface area contributed by atoms with Gasteiger partial charge in [0, 0.05) is 6.54 Å². The van der Waals surface area contributed by atoms with Gasteiger partial charge in [-0.15, -0.1) is 0 Å². The summed E-state index contributed by atoms with van der Waals surface area (Å²) in [5.74, 6) is -0.862. The van der Waals surface area contributed by atoms with Crippen LogP contribution in [0.25, 0.3) is 0 Å². The Morgan fingerprint density at radius 3 is 2.46 bits per heavy atom. The van der Waals surface area contributed by atoms with E-state index in [0.29, 0.717) is 31.4 Å². The van der Waals surface area contributed by atoms with Crippen molar-refractivity contribution in [3.63, 3.8) is 0 Å². The Hall–Kier alpha value is -2.89. The molecule has 5 nitrogen and oxygen atoms in total. The maximum atomic E-state index is 13.3. The zero-order valence-corrected chi connectivity index (χ0v) is 15.9. The highest BCUT2D eigenvalue weighted by molar-refractivity contribution is 5.86. The molecule has 6 heteroatoms. The van der Waals surface area contributed by atoms with Gasteiger partial charge in [0.25, 0.3) is 0 Å². The molecule has 1 fully saturated rings. The Labute approximate surface area is 164 Å². The summed E-state index contributed by atoms with van der Waals surface area (Å²) < 4.78 is 24.2. The van der Waals surface area contributed by atoms with Crippen LogP contribution < -0.4 is 0 Å². The second-order valence-corrected chi connectivity index (χ2v) is 6.89. The maximum Gasteiger partial charge on any atom is 0.411 e. The molecule has 1 heterocycles. The van der Waals surface area contributed by atoms with E-state index < -0.39 is 17.6 Å². The average molecular weight is 385 g/mol. The number of carbonyl (C=O) groups is 2. The SMILES string of the molecule is CCC1(C(=O)OCc2cccc(F)c2)CCCN1C(=O)OCc1ccccc1. The number of halogens is 1. The van der Waals surface area contributed by atoms with Gasteiger partial charge in [0.15, 0.2) is 0 Å². The topological polar surface area (TPSA) is 55.8 Å². The molecule has 2 aromatic rings. The number of rotatable bonds is 6. The number of likely N-dealkylation sites (tertiary alicyclic amines) is 1. The molecule has 0 N–H and O–H groups in total.